The molecule has 0 bridgehead atoms. The van der Waals surface area contributed by atoms with Crippen molar-refractivity contribution < 1.29 is 4.79 Å². The lowest BCUT2D eigenvalue weighted by atomic mass is 9.90. The number of hydrogen-bond acceptors (Lipinski definition) is 4. The standard InChI is InChI=1S/C15H17N3OS/c1-10-16-15(20-18-10)17-14(19)9-11-6-7-12-4-2-3-5-13(12)8-11/h6-8H,2-5,9H2,1H3,(H,16,17,18,19). The molecule has 0 spiro atoms. The number of aromatic nitrogens is 2. The molecular formula is C15H17N3OS. The number of amides is 1. The van der Waals surface area contributed by atoms with Gasteiger partial charge in [-0.15, -0.1) is 0 Å². The summed E-state index contributed by atoms with van der Waals surface area (Å²) in [5.41, 5.74) is 3.93. The highest BCUT2D eigenvalue weighted by Crippen LogP contribution is 2.22. The summed E-state index contributed by atoms with van der Waals surface area (Å²) in [4.78, 5) is 16.1. The van der Waals surface area contributed by atoms with E-state index in [0.717, 1.165) is 12.0 Å². The Morgan fingerprint density at radius 2 is 2.10 bits per heavy atom. The van der Waals surface area contributed by atoms with Crippen molar-refractivity contribution in [2.45, 2.75) is 39.0 Å². The van der Waals surface area contributed by atoms with E-state index in [-0.39, 0.29) is 5.91 Å². The Bertz CT molecular complexity index is 636. The first kappa shape index (κ1) is 13.2. The van der Waals surface area contributed by atoms with Gasteiger partial charge in [-0.25, -0.2) is 4.98 Å². The molecule has 5 heteroatoms. The number of nitrogens with zero attached hydrogens (tertiary/aromatic N) is 2. The maximum atomic E-state index is 12.0. The topological polar surface area (TPSA) is 54.9 Å². The van der Waals surface area contributed by atoms with E-state index in [1.165, 1.54) is 41.9 Å². The minimum atomic E-state index is -0.0306. The summed E-state index contributed by atoms with van der Waals surface area (Å²) in [5.74, 6) is 0.663. The van der Waals surface area contributed by atoms with E-state index in [1.807, 2.05) is 6.92 Å². The van der Waals surface area contributed by atoms with Crippen LogP contribution in [-0.4, -0.2) is 15.3 Å². The summed E-state index contributed by atoms with van der Waals surface area (Å²) in [7, 11) is 0. The van der Waals surface area contributed by atoms with E-state index in [0.29, 0.717) is 17.4 Å². The van der Waals surface area contributed by atoms with E-state index >= 15 is 0 Å². The highest BCUT2D eigenvalue weighted by atomic mass is 32.1. The molecule has 0 saturated heterocycles. The Morgan fingerprint density at radius 1 is 1.30 bits per heavy atom. The number of aryl methyl sites for hydroxylation is 3. The lowest BCUT2D eigenvalue weighted by molar-refractivity contribution is -0.115. The number of rotatable bonds is 3. The first-order valence-corrected chi connectivity index (χ1v) is 7.69. The van der Waals surface area contributed by atoms with Gasteiger partial charge >= 0.3 is 0 Å². The van der Waals surface area contributed by atoms with Crippen LogP contribution in [0.4, 0.5) is 5.13 Å². The maximum Gasteiger partial charge on any atom is 0.230 e. The van der Waals surface area contributed by atoms with Crippen LogP contribution in [0.5, 0.6) is 0 Å². The average Bonchev–Trinajstić information content (AvgIpc) is 2.83. The minimum absolute atomic E-state index is 0.0306. The fraction of sp³-hybridized carbons (Fsp3) is 0.400. The monoisotopic (exact) mass is 287 g/mol. The van der Waals surface area contributed by atoms with Gasteiger partial charge in [0.2, 0.25) is 11.0 Å². The SMILES string of the molecule is Cc1nsc(NC(=O)Cc2ccc3c(c2)CCCC3)n1. The van der Waals surface area contributed by atoms with Crippen molar-refractivity contribution in [3.63, 3.8) is 0 Å². The Hall–Kier alpha value is -1.75. The molecule has 1 aromatic heterocycles. The van der Waals surface area contributed by atoms with Gasteiger partial charge in [0.15, 0.2) is 0 Å². The van der Waals surface area contributed by atoms with Crippen molar-refractivity contribution in [3.05, 3.63) is 40.7 Å². The molecule has 1 aliphatic rings. The molecule has 0 aliphatic heterocycles. The molecule has 2 aromatic rings. The summed E-state index contributed by atoms with van der Waals surface area (Å²) in [6.45, 7) is 1.82. The fourth-order valence-corrected chi connectivity index (χ4v) is 3.19. The second kappa shape index (κ2) is 5.71. The molecule has 0 atom stereocenters. The van der Waals surface area contributed by atoms with Crippen molar-refractivity contribution in [1.29, 1.82) is 0 Å². The van der Waals surface area contributed by atoms with Crippen LogP contribution in [0.25, 0.3) is 0 Å². The molecule has 0 saturated carbocycles. The molecular weight excluding hydrogens is 270 g/mol. The largest absolute Gasteiger partial charge is 0.300 e. The molecule has 1 heterocycles. The number of benzene rings is 1. The van der Waals surface area contributed by atoms with Gasteiger partial charge in [0.1, 0.15) is 5.82 Å². The highest BCUT2D eigenvalue weighted by molar-refractivity contribution is 7.09. The number of nitrogens with one attached hydrogen (secondary N) is 1. The summed E-state index contributed by atoms with van der Waals surface area (Å²) < 4.78 is 4.05. The quantitative estimate of drug-likeness (QED) is 0.944. The first-order chi connectivity index (χ1) is 9.70. The Labute approximate surface area is 122 Å². The van der Waals surface area contributed by atoms with Crippen LogP contribution in [0, 0.1) is 6.92 Å². The summed E-state index contributed by atoms with van der Waals surface area (Å²) in [6, 6.07) is 6.42. The van der Waals surface area contributed by atoms with Gasteiger partial charge < -0.3 is 5.32 Å². The lowest BCUT2D eigenvalue weighted by Gasteiger charge is -2.16. The van der Waals surface area contributed by atoms with E-state index in [2.05, 4.69) is 32.9 Å². The van der Waals surface area contributed by atoms with Gasteiger partial charge in [-0.2, -0.15) is 4.37 Å². The van der Waals surface area contributed by atoms with Gasteiger partial charge in [0.05, 0.1) is 6.42 Å². The minimum Gasteiger partial charge on any atom is -0.300 e. The van der Waals surface area contributed by atoms with Crippen LogP contribution in [-0.2, 0) is 24.1 Å². The first-order valence-electron chi connectivity index (χ1n) is 6.91. The zero-order valence-corrected chi connectivity index (χ0v) is 12.3. The van der Waals surface area contributed by atoms with Gasteiger partial charge in [0, 0.05) is 11.5 Å². The third kappa shape index (κ3) is 3.04. The molecule has 4 nitrogen and oxygen atoms in total. The zero-order valence-electron chi connectivity index (χ0n) is 11.5. The van der Waals surface area contributed by atoms with E-state index in [9.17, 15) is 4.79 Å². The predicted octanol–water partition coefficient (Wildman–Crippen LogP) is 2.91. The molecule has 0 unspecified atom stereocenters. The van der Waals surface area contributed by atoms with Crippen LogP contribution >= 0.6 is 11.5 Å². The van der Waals surface area contributed by atoms with E-state index in [4.69, 9.17) is 0 Å². The van der Waals surface area contributed by atoms with E-state index < -0.39 is 0 Å². The predicted molar refractivity (Wildman–Crippen MR) is 80.1 cm³/mol. The van der Waals surface area contributed by atoms with Gasteiger partial charge in [-0.3, -0.25) is 4.79 Å². The molecule has 0 radical (unpaired) electrons. The van der Waals surface area contributed by atoms with Crippen molar-refractivity contribution in [1.82, 2.24) is 9.36 Å². The van der Waals surface area contributed by atoms with Crippen molar-refractivity contribution in [3.8, 4) is 0 Å². The molecule has 20 heavy (non-hydrogen) atoms. The van der Waals surface area contributed by atoms with Gasteiger partial charge in [-0.05, 0) is 49.3 Å². The molecule has 1 aromatic carbocycles. The third-order valence-corrected chi connectivity index (χ3v) is 4.27. The molecule has 1 aliphatic carbocycles. The van der Waals surface area contributed by atoms with Crippen molar-refractivity contribution in [2.75, 3.05) is 5.32 Å². The second-order valence-corrected chi connectivity index (χ2v) is 5.93. The Balaban J connectivity index is 1.66. The second-order valence-electron chi connectivity index (χ2n) is 5.18. The smallest absolute Gasteiger partial charge is 0.230 e. The number of hydrogen-bond donors (Lipinski definition) is 1. The molecule has 0 fully saturated rings. The third-order valence-electron chi connectivity index (χ3n) is 3.55. The molecule has 104 valence electrons. The fourth-order valence-electron chi connectivity index (χ4n) is 2.59. The van der Waals surface area contributed by atoms with Crippen LogP contribution in [0.15, 0.2) is 18.2 Å². The number of carbonyl (C=O) groups is 1. The van der Waals surface area contributed by atoms with Crippen LogP contribution in [0.3, 0.4) is 0 Å². The normalized spacial score (nSPS) is 13.8. The van der Waals surface area contributed by atoms with Crippen molar-refractivity contribution >= 4 is 22.6 Å². The summed E-state index contributed by atoms with van der Waals surface area (Å²) in [6.07, 6.45) is 5.24. The molecule has 1 amide bonds. The molecule has 3 rings (SSSR count). The summed E-state index contributed by atoms with van der Waals surface area (Å²) >= 11 is 1.22. The van der Waals surface area contributed by atoms with Gasteiger partial charge in [-0.1, -0.05) is 18.2 Å². The van der Waals surface area contributed by atoms with Crippen LogP contribution < -0.4 is 5.32 Å². The lowest BCUT2D eigenvalue weighted by Crippen LogP contribution is -2.15. The number of carbonyl (C=O) groups excluding carboxylic acids is 1. The van der Waals surface area contributed by atoms with Gasteiger partial charge in [0.25, 0.3) is 0 Å². The van der Waals surface area contributed by atoms with E-state index in [1.54, 1.807) is 0 Å². The van der Waals surface area contributed by atoms with Crippen LogP contribution in [0.1, 0.15) is 35.4 Å². The van der Waals surface area contributed by atoms with Crippen LogP contribution in [0.2, 0.25) is 0 Å². The maximum absolute atomic E-state index is 12.0. The van der Waals surface area contributed by atoms with Crippen molar-refractivity contribution in [2.24, 2.45) is 0 Å². The Kier molecular flexibility index (Phi) is 3.78. The Morgan fingerprint density at radius 3 is 2.85 bits per heavy atom. The summed E-state index contributed by atoms with van der Waals surface area (Å²) in [5, 5.41) is 3.37. The average molecular weight is 287 g/mol. The highest BCUT2D eigenvalue weighted by Gasteiger charge is 2.12. The number of fused-ring (bicyclic) bond motifs is 1. The zero-order chi connectivity index (χ0) is 13.9. The molecule has 1 N–H and O–H groups in total. The number of anilines is 1.